The highest BCUT2D eigenvalue weighted by Crippen LogP contribution is 2.32. The molecule has 1 aromatic rings. The van der Waals surface area contributed by atoms with E-state index in [-0.39, 0.29) is 0 Å². The van der Waals surface area contributed by atoms with Crippen molar-refractivity contribution < 1.29 is 0 Å². The van der Waals surface area contributed by atoms with E-state index in [9.17, 15) is 0 Å². The first-order valence-corrected chi connectivity index (χ1v) is 7.50. The first-order chi connectivity index (χ1) is 9.17. The van der Waals surface area contributed by atoms with Crippen molar-refractivity contribution in [2.24, 2.45) is 0 Å². The van der Waals surface area contributed by atoms with Crippen molar-refractivity contribution in [1.29, 1.82) is 0 Å². The molecule has 0 unspecified atom stereocenters. The number of aromatic nitrogens is 2. The third kappa shape index (κ3) is 3.44. The predicted octanol–water partition coefficient (Wildman–Crippen LogP) is 2.70. The Kier molecular flexibility index (Phi) is 4.75. The van der Waals surface area contributed by atoms with Crippen molar-refractivity contribution in [3.05, 3.63) is 17.7 Å². The van der Waals surface area contributed by atoms with Gasteiger partial charge in [-0.05, 0) is 26.3 Å². The number of hydrogen-bond acceptors (Lipinski definition) is 4. The molecule has 0 amide bonds. The Balaban J connectivity index is 2.28. The minimum atomic E-state index is 0.380. The van der Waals surface area contributed by atoms with Gasteiger partial charge in [-0.1, -0.05) is 20.8 Å². The van der Waals surface area contributed by atoms with Crippen LogP contribution < -0.4 is 10.2 Å². The second-order valence-electron chi connectivity index (χ2n) is 5.51. The molecule has 1 fully saturated rings. The molecule has 1 aromatic heterocycles. The molecule has 0 bridgehead atoms. The van der Waals surface area contributed by atoms with Gasteiger partial charge in [0.25, 0.3) is 0 Å². The lowest BCUT2D eigenvalue weighted by molar-refractivity contribution is 0.677. The second kappa shape index (κ2) is 6.33. The van der Waals surface area contributed by atoms with Gasteiger partial charge in [0.2, 0.25) is 0 Å². The molecular weight excluding hydrogens is 236 g/mol. The molecule has 1 N–H and O–H groups in total. The Bertz CT molecular complexity index is 413. The molecule has 4 nitrogen and oxygen atoms in total. The van der Waals surface area contributed by atoms with Gasteiger partial charge < -0.3 is 10.2 Å². The topological polar surface area (TPSA) is 41.1 Å². The summed E-state index contributed by atoms with van der Waals surface area (Å²) < 4.78 is 0. The molecule has 1 aliphatic rings. The zero-order valence-corrected chi connectivity index (χ0v) is 12.6. The standard InChI is InChI=1S/C15H26N4/c1-5-16-9-13-14(19(6-2)12-7-8-12)10-17-15(18-13)11(3)4/h10-12,16H,5-9H2,1-4H3. The van der Waals surface area contributed by atoms with Crippen LogP contribution in [0.1, 0.15) is 58.0 Å². The van der Waals surface area contributed by atoms with Gasteiger partial charge in [0.15, 0.2) is 0 Å². The van der Waals surface area contributed by atoms with Gasteiger partial charge >= 0.3 is 0 Å². The molecule has 4 heteroatoms. The lowest BCUT2D eigenvalue weighted by atomic mass is 10.2. The smallest absolute Gasteiger partial charge is 0.131 e. The fourth-order valence-corrected chi connectivity index (χ4v) is 2.33. The predicted molar refractivity (Wildman–Crippen MR) is 79.5 cm³/mol. The van der Waals surface area contributed by atoms with Crippen LogP contribution in [0.2, 0.25) is 0 Å². The van der Waals surface area contributed by atoms with Crippen LogP contribution in [-0.2, 0) is 6.54 Å². The third-order valence-electron chi connectivity index (χ3n) is 3.56. The number of anilines is 1. The highest BCUT2D eigenvalue weighted by molar-refractivity contribution is 5.51. The van der Waals surface area contributed by atoms with E-state index in [4.69, 9.17) is 4.98 Å². The first-order valence-electron chi connectivity index (χ1n) is 7.50. The van der Waals surface area contributed by atoms with Crippen LogP contribution in [0.5, 0.6) is 0 Å². The SMILES string of the molecule is CCNCc1nc(C(C)C)ncc1N(CC)C1CC1. The number of hydrogen-bond donors (Lipinski definition) is 1. The summed E-state index contributed by atoms with van der Waals surface area (Å²) in [4.78, 5) is 11.8. The van der Waals surface area contributed by atoms with E-state index in [0.29, 0.717) is 12.0 Å². The summed E-state index contributed by atoms with van der Waals surface area (Å²) in [5, 5.41) is 3.39. The molecular formula is C15H26N4. The van der Waals surface area contributed by atoms with Crippen LogP contribution >= 0.6 is 0 Å². The lowest BCUT2D eigenvalue weighted by Crippen LogP contribution is -2.28. The molecule has 1 heterocycles. The number of nitrogens with one attached hydrogen (secondary N) is 1. The van der Waals surface area contributed by atoms with Crippen LogP contribution in [0.4, 0.5) is 5.69 Å². The third-order valence-corrected chi connectivity index (χ3v) is 3.56. The fourth-order valence-electron chi connectivity index (χ4n) is 2.33. The van der Waals surface area contributed by atoms with E-state index in [2.05, 4.69) is 42.9 Å². The average Bonchev–Trinajstić information content (AvgIpc) is 3.22. The second-order valence-corrected chi connectivity index (χ2v) is 5.51. The Morgan fingerprint density at radius 1 is 1.37 bits per heavy atom. The summed E-state index contributed by atoms with van der Waals surface area (Å²) >= 11 is 0. The maximum absolute atomic E-state index is 4.77. The van der Waals surface area contributed by atoms with Gasteiger partial charge in [0.1, 0.15) is 5.82 Å². The van der Waals surface area contributed by atoms with Gasteiger partial charge in [-0.15, -0.1) is 0 Å². The monoisotopic (exact) mass is 262 g/mol. The van der Waals surface area contributed by atoms with Crippen molar-refractivity contribution in [3.8, 4) is 0 Å². The quantitative estimate of drug-likeness (QED) is 0.820. The summed E-state index contributed by atoms with van der Waals surface area (Å²) in [6.07, 6.45) is 4.64. The normalized spacial score (nSPS) is 15.0. The van der Waals surface area contributed by atoms with Crippen molar-refractivity contribution in [1.82, 2.24) is 15.3 Å². The van der Waals surface area contributed by atoms with E-state index >= 15 is 0 Å². The molecule has 0 radical (unpaired) electrons. The maximum atomic E-state index is 4.77. The van der Waals surface area contributed by atoms with Crippen molar-refractivity contribution >= 4 is 5.69 Å². The summed E-state index contributed by atoms with van der Waals surface area (Å²) in [7, 11) is 0. The first kappa shape index (κ1) is 14.3. The minimum absolute atomic E-state index is 0.380. The highest BCUT2D eigenvalue weighted by Gasteiger charge is 2.30. The van der Waals surface area contributed by atoms with Crippen molar-refractivity contribution in [3.63, 3.8) is 0 Å². The van der Waals surface area contributed by atoms with Crippen LogP contribution in [0, 0.1) is 0 Å². The molecule has 106 valence electrons. The number of nitrogens with zero attached hydrogens (tertiary/aromatic N) is 3. The molecule has 0 aliphatic heterocycles. The molecule has 19 heavy (non-hydrogen) atoms. The molecule has 1 saturated carbocycles. The highest BCUT2D eigenvalue weighted by atomic mass is 15.2. The summed E-state index contributed by atoms with van der Waals surface area (Å²) in [6.45, 7) is 11.5. The van der Waals surface area contributed by atoms with E-state index in [1.165, 1.54) is 18.5 Å². The van der Waals surface area contributed by atoms with E-state index in [1.807, 2.05) is 6.20 Å². The lowest BCUT2D eigenvalue weighted by Gasteiger charge is -2.25. The molecule has 0 aromatic carbocycles. The average molecular weight is 262 g/mol. The molecule has 0 saturated heterocycles. The molecule has 2 rings (SSSR count). The summed E-state index contributed by atoms with van der Waals surface area (Å²) in [6, 6.07) is 0.707. The summed E-state index contributed by atoms with van der Waals surface area (Å²) in [5.74, 6) is 1.33. The minimum Gasteiger partial charge on any atom is -0.366 e. The van der Waals surface area contributed by atoms with Crippen molar-refractivity contribution in [2.75, 3.05) is 18.0 Å². The van der Waals surface area contributed by atoms with Gasteiger partial charge in [0.05, 0.1) is 17.6 Å². The molecule has 1 aliphatic carbocycles. The van der Waals surface area contributed by atoms with E-state index in [1.54, 1.807) is 0 Å². The van der Waals surface area contributed by atoms with Gasteiger partial charge in [-0.2, -0.15) is 0 Å². The Morgan fingerprint density at radius 2 is 2.11 bits per heavy atom. The fraction of sp³-hybridized carbons (Fsp3) is 0.733. The van der Waals surface area contributed by atoms with Gasteiger partial charge in [0, 0.05) is 25.0 Å². The van der Waals surface area contributed by atoms with Crippen LogP contribution in [-0.4, -0.2) is 29.1 Å². The van der Waals surface area contributed by atoms with Crippen LogP contribution in [0.3, 0.4) is 0 Å². The zero-order valence-electron chi connectivity index (χ0n) is 12.6. The zero-order chi connectivity index (χ0) is 13.8. The maximum Gasteiger partial charge on any atom is 0.131 e. The number of rotatable bonds is 7. The Morgan fingerprint density at radius 3 is 2.63 bits per heavy atom. The van der Waals surface area contributed by atoms with Gasteiger partial charge in [-0.3, -0.25) is 0 Å². The Labute approximate surface area is 116 Å². The molecule has 0 spiro atoms. The van der Waals surface area contributed by atoms with Crippen LogP contribution in [0.25, 0.3) is 0 Å². The summed E-state index contributed by atoms with van der Waals surface area (Å²) in [5.41, 5.74) is 2.37. The van der Waals surface area contributed by atoms with Gasteiger partial charge in [-0.25, -0.2) is 9.97 Å². The van der Waals surface area contributed by atoms with Crippen molar-refractivity contribution in [2.45, 2.75) is 59.0 Å². The van der Waals surface area contributed by atoms with E-state index < -0.39 is 0 Å². The van der Waals surface area contributed by atoms with E-state index in [0.717, 1.165) is 31.2 Å². The Hall–Kier alpha value is -1.16. The largest absolute Gasteiger partial charge is 0.366 e. The van der Waals surface area contributed by atoms with Crippen LogP contribution in [0.15, 0.2) is 6.20 Å². The molecule has 0 atom stereocenters.